The predicted molar refractivity (Wildman–Crippen MR) is 104 cm³/mol. The molecule has 1 N–H and O–H groups in total. The topological polar surface area (TPSA) is 65.0 Å². The van der Waals surface area contributed by atoms with E-state index < -0.39 is 10.0 Å². The van der Waals surface area contributed by atoms with Crippen molar-refractivity contribution in [3.8, 4) is 0 Å². The molecule has 2 rings (SSSR count). The van der Waals surface area contributed by atoms with Crippen molar-refractivity contribution < 1.29 is 8.42 Å². The number of sulfonamides is 1. The highest BCUT2D eigenvalue weighted by molar-refractivity contribution is 7.89. The molecule has 9 heteroatoms. The molecule has 1 aliphatic heterocycles. The Labute approximate surface area is 159 Å². The molecule has 140 valence electrons. The lowest BCUT2D eigenvalue weighted by Gasteiger charge is -2.23. The van der Waals surface area contributed by atoms with E-state index in [0.29, 0.717) is 42.6 Å². The third-order valence-electron chi connectivity index (χ3n) is 3.91. The van der Waals surface area contributed by atoms with E-state index in [-0.39, 0.29) is 5.75 Å². The number of hydrogen-bond acceptors (Lipinski definition) is 3. The van der Waals surface area contributed by atoms with Gasteiger partial charge in [0.1, 0.15) is 0 Å². The number of hydrogen-bond donors (Lipinski definition) is 1. The van der Waals surface area contributed by atoms with Crippen LogP contribution in [0, 0.1) is 0 Å². The monoisotopic (exact) mass is 406 g/mol. The summed E-state index contributed by atoms with van der Waals surface area (Å²) in [5.41, 5.74) is 1.02. The third-order valence-corrected chi connectivity index (χ3v) is 6.61. The Morgan fingerprint density at radius 1 is 1.36 bits per heavy atom. The summed E-state index contributed by atoms with van der Waals surface area (Å²) in [5.74, 6) is 0.971. The molecule has 0 spiro atoms. The molecule has 0 bridgehead atoms. The average Bonchev–Trinajstić information content (AvgIpc) is 2.88. The molecule has 1 heterocycles. The fourth-order valence-corrected chi connectivity index (χ4v) is 4.51. The Hall–Kier alpha value is -1.02. The minimum Gasteiger partial charge on any atom is -0.357 e. The fraction of sp³-hybridized carbons (Fsp3) is 0.562. The van der Waals surface area contributed by atoms with E-state index in [2.05, 4.69) is 10.3 Å². The normalized spacial score (nSPS) is 17.7. The van der Waals surface area contributed by atoms with Gasteiger partial charge in [-0.2, -0.15) is 0 Å². The van der Waals surface area contributed by atoms with E-state index in [1.165, 1.54) is 4.31 Å². The molecule has 25 heavy (non-hydrogen) atoms. The van der Waals surface area contributed by atoms with Crippen LogP contribution < -0.4 is 5.32 Å². The van der Waals surface area contributed by atoms with Gasteiger partial charge < -0.3 is 10.2 Å². The number of rotatable bonds is 6. The molecule has 1 saturated heterocycles. The largest absolute Gasteiger partial charge is 0.357 e. The van der Waals surface area contributed by atoms with Crippen LogP contribution in [0.1, 0.15) is 18.9 Å². The lowest BCUT2D eigenvalue weighted by Crippen LogP contribution is -2.39. The van der Waals surface area contributed by atoms with Crippen molar-refractivity contribution in [3.05, 3.63) is 33.8 Å². The van der Waals surface area contributed by atoms with Crippen LogP contribution in [0.5, 0.6) is 0 Å². The van der Waals surface area contributed by atoms with E-state index in [1.807, 2.05) is 31.0 Å². The lowest BCUT2D eigenvalue weighted by atomic mass is 10.2. The molecule has 1 aromatic carbocycles. The van der Waals surface area contributed by atoms with E-state index in [0.717, 1.165) is 18.1 Å². The minimum absolute atomic E-state index is 0.244. The van der Waals surface area contributed by atoms with Gasteiger partial charge in [-0.05, 0) is 31.0 Å². The van der Waals surface area contributed by atoms with Gasteiger partial charge in [0.2, 0.25) is 10.0 Å². The zero-order valence-corrected chi connectivity index (χ0v) is 16.8. The van der Waals surface area contributed by atoms with Crippen molar-refractivity contribution in [3.63, 3.8) is 0 Å². The summed E-state index contributed by atoms with van der Waals surface area (Å²) in [6.07, 6.45) is 0.698. The van der Waals surface area contributed by atoms with Crippen LogP contribution in [-0.2, 0) is 16.6 Å². The maximum Gasteiger partial charge on any atom is 0.214 e. The van der Waals surface area contributed by atoms with Crippen molar-refractivity contribution in [1.29, 1.82) is 0 Å². The Kier molecular flexibility index (Phi) is 7.37. The molecule has 0 amide bonds. The molecule has 0 unspecified atom stereocenters. The van der Waals surface area contributed by atoms with E-state index >= 15 is 0 Å². The summed E-state index contributed by atoms with van der Waals surface area (Å²) in [4.78, 5) is 6.52. The number of guanidine groups is 1. The van der Waals surface area contributed by atoms with Gasteiger partial charge in [-0.1, -0.05) is 29.3 Å². The standard InChI is InChI=1S/C16H24Cl2N4O2S/c1-3-19-16(20-7-9-22-8-4-10-25(22,23)24)21(2)12-13-5-6-14(17)15(18)11-13/h5-6,11H,3-4,7-10,12H2,1-2H3,(H,19,20). The quantitative estimate of drug-likeness (QED) is 0.581. The number of aliphatic imine (C=N–C) groups is 1. The summed E-state index contributed by atoms with van der Waals surface area (Å²) >= 11 is 12.0. The molecule has 0 aliphatic carbocycles. The van der Waals surface area contributed by atoms with E-state index in [9.17, 15) is 8.42 Å². The van der Waals surface area contributed by atoms with Crippen molar-refractivity contribution in [2.24, 2.45) is 4.99 Å². The van der Waals surface area contributed by atoms with Crippen molar-refractivity contribution >= 4 is 39.2 Å². The van der Waals surface area contributed by atoms with Crippen LogP contribution >= 0.6 is 23.2 Å². The van der Waals surface area contributed by atoms with Gasteiger partial charge in [-0.3, -0.25) is 4.99 Å². The molecular formula is C16H24Cl2N4O2S. The molecule has 0 radical (unpaired) electrons. The first-order chi connectivity index (χ1) is 11.8. The third kappa shape index (κ3) is 5.74. The summed E-state index contributed by atoms with van der Waals surface area (Å²) in [6, 6.07) is 5.53. The first kappa shape index (κ1) is 20.3. The van der Waals surface area contributed by atoms with Gasteiger partial charge >= 0.3 is 0 Å². The van der Waals surface area contributed by atoms with Crippen molar-refractivity contribution in [1.82, 2.24) is 14.5 Å². The van der Waals surface area contributed by atoms with Gasteiger partial charge in [-0.25, -0.2) is 12.7 Å². The number of nitrogens with zero attached hydrogens (tertiary/aromatic N) is 3. The second-order valence-corrected chi connectivity index (χ2v) is 8.81. The van der Waals surface area contributed by atoms with Crippen LogP contribution in [-0.4, -0.2) is 62.6 Å². The molecule has 1 fully saturated rings. The van der Waals surface area contributed by atoms with Gasteiger partial charge in [0.25, 0.3) is 0 Å². The summed E-state index contributed by atoms with van der Waals surface area (Å²) < 4.78 is 25.2. The van der Waals surface area contributed by atoms with Crippen molar-refractivity contribution in [2.75, 3.05) is 39.0 Å². The summed E-state index contributed by atoms with van der Waals surface area (Å²) in [6.45, 7) is 4.77. The highest BCUT2D eigenvalue weighted by Crippen LogP contribution is 2.23. The van der Waals surface area contributed by atoms with Crippen LogP contribution in [0.3, 0.4) is 0 Å². The first-order valence-electron chi connectivity index (χ1n) is 8.24. The predicted octanol–water partition coefficient (Wildman–Crippen LogP) is 2.43. The maximum absolute atomic E-state index is 11.8. The first-order valence-corrected chi connectivity index (χ1v) is 10.6. The zero-order chi connectivity index (χ0) is 18.4. The SMILES string of the molecule is CCNC(=NCCN1CCCS1(=O)=O)N(C)Cc1ccc(Cl)c(Cl)c1. The van der Waals surface area contributed by atoms with Gasteiger partial charge in [-0.15, -0.1) is 0 Å². The second kappa shape index (κ2) is 9.07. The lowest BCUT2D eigenvalue weighted by molar-refractivity contribution is 0.445. The Bertz CT molecular complexity index is 725. The van der Waals surface area contributed by atoms with E-state index in [4.69, 9.17) is 23.2 Å². The Morgan fingerprint density at radius 2 is 2.12 bits per heavy atom. The minimum atomic E-state index is -3.07. The molecule has 0 atom stereocenters. The highest BCUT2D eigenvalue weighted by Gasteiger charge is 2.27. The highest BCUT2D eigenvalue weighted by atomic mass is 35.5. The second-order valence-electron chi connectivity index (χ2n) is 5.91. The Morgan fingerprint density at radius 3 is 2.72 bits per heavy atom. The van der Waals surface area contributed by atoms with Gasteiger partial charge in [0.15, 0.2) is 5.96 Å². The number of halogens is 2. The summed E-state index contributed by atoms with van der Waals surface area (Å²) in [5, 5.41) is 4.27. The summed E-state index contributed by atoms with van der Waals surface area (Å²) in [7, 11) is -1.14. The molecule has 6 nitrogen and oxygen atoms in total. The molecular weight excluding hydrogens is 383 g/mol. The number of nitrogens with one attached hydrogen (secondary N) is 1. The van der Waals surface area contributed by atoms with Gasteiger partial charge in [0.05, 0.1) is 22.3 Å². The fourth-order valence-electron chi connectivity index (χ4n) is 2.67. The van der Waals surface area contributed by atoms with Crippen LogP contribution in [0.2, 0.25) is 10.0 Å². The van der Waals surface area contributed by atoms with Crippen LogP contribution in [0.25, 0.3) is 0 Å². The maximum atomic E-state index is 11.8. The molecule has 0 saturated carbocycles. The van der Waals surface area contributed by atoms with Crippen molar-refractivity contribution in [2.45, 2.75) is 19.9 Å². The number of benzene rings is 1. The average molecular weight is 407 g/mol. The Balaban J connectivity index is 1.98. The van der Waals surface area contributed by atoms with Crippen LogP contribution in [0.4, 0.5) is 0 Å². The van der Waals surface area contributed by atoms with E-state index in [1.54, 1.807) is 6.07 Å². The molecule has 0 aromatic heterocycles. The van der Waals surface area contributed by atoms with Crippen LogP contribution in [0.15, 0.2) is 23.2 Å². The van der Waals surface area contributed by atoms with Gasteiger partial charge in [0, 0.05) is 33.2 Å². The smallest absolute Gasteiger partial charge is 0.214 e. The molecule has 1 aromatic rings. The zero-order valence-electron chi connectivity index (χ0n) is 14.5. The molecule has 1 aliphatic rings.